The van der Waals surface area contributed by atoms with Crippen LogP contribution in [0.1, 0.15) is 45.2 Å². The SMILES string of the molecule is CCC(NC1CC(C)N(C)CC1C)c1cccc(Cl)c1. The van der Waals surface area contributed by atoms with E-state index in [1.807, 2.05) is 12.1 Å². The lowest BCUT2D eigenvalue weighted by molar-refractivity contribution is 0.115. The summed E-state index contributed by atoms with van der Waals surface area (Å²) in [5, 5.41) is 4.69. The molecule has 0 amide bonds. The standard InChI is InChI=1S/C17H27ClN2/c1-5-16(14-7-6-8-15(18)10-14)19-17-9-13(3)20(4)11-12(17)2/h6-8,10,12-13,16-17,19H,5,9,11H2,1-4H3. The van der Waals surface area contributed by atoms with Gasteiger partial charge in [-0.15, -0.1) is 0 Å². The average molecular weight is 295 g/mol. The molecular weight excluding hydrogens is 268 g/mol. The van der Waals surface area contributed by atoms with E-state index in [0.29, 0.717) is 24.0 Å². The molecule has 1 aromatic carbocycles. The lowest BCUT2D eigenvalue weighted by atomic mass is 9.88. The summed E-state index contributed by atoms with van der Waals surface area (Å²) in [5.74, 6) is 0.685. The predicted octanol–water partition coefficient (Wildman–Crippen LogP) is 4.11. The molecule has 0 bridgehead atoms. The van der Waals surface area contributed by atoms with E-state index in [9.17, 15) is 0 Å². The van der Waals surface area contributed by atoms with Gasteiger partial charge in [0, 0.05) is 29.7 Å². The Hall–Kier alpha value is -0.570. The molecule has 1 heterocycles. The molecule has 4 atom stereocenters. The van der Waals surface area contributed by atoms with Crippen LogP contribution in [0.25, 0.3) is 0 Å². The molecule has 112 valence electrons. The van der Waals surface area contributed by atoms with Crippen LogP contribution < -0.4 is 5.32 Å². The summed E-state index contributed by atoms with van der Waals surface area (Å²) in [6.45, 7) is 8.08. The second-order valence-corrected chi connectivity index (χ2v) is 6.73. The minimum absolute atomic E-state index is 0.400. The van der Waals surface area contributed by atoms with Gasteiger partial charge < -0.3 is 10.2 Å². The van der Waals surface area contributed by atoms with Crippen LogP contribution in [0.15, 0.2) is 24.3 Å². The van der Waals surface area contributed by atoms with Gasteiger partial charge in [0.05, 0.1) is 0 Å². The highest BCUT2D eigenvalue weighted by molar-refractivity contribution is 6.30. The third-order valence-corrected chi connectivity index (χ3v) is 4.92. The maximum absolute atomic E-state index is 6.13. The van der Waals surface area contributed by atoms with Crippen LogP contribution >= 0.6 is 11.6 Å². The highest BCUT2D eigenvalue weighted by Gasteiger charge is 2.30. The minimum atomic E-state index is 0.400. The molecule has 1 fully saturated rings. The Morgan fingerprint density at radius 3 is 2.80 bits per heavy atom. The van der Waals surface area contributed by atoms with Gasteiger partial charge in [0.1, 0.15) is 0 Å². The van der Waals surface area contributed by atoms with Gasteiger partial charge in [0.2, 0.25) is 0 Å². The largest absolute Gasteiger partial charge is 0.307 e. The van der Waals surface area contributed by atoms with Gasteiger partial charge >= 0.3 is 0 Å². The lowest BCUT2D eigenvalue weighted by Gasteiger charge is -2.41. The molecule has 1 aliphatic heterocycles. The number of rotatable bonds is 4. The number of hydrogen-bond donors (Lipinski definition) is 1. The molecular formula is C17H27ClN2. The zero-order valence-electron chi connectivity index (χ0n) is 13.1. The first-order valence-electron chi connectivity index (χ1n) is 7.73. The molecule has 0 spiro atoms. The van der Waals surface area contributed by atoms with E-state index < -0.39 is 0 Å². The van der Waals surface area contributed by atoms with Gasteiger partial charge in [-0.3, -0.25) is 0 Å². The first-order valence-corrected chi connectivity index (χ1v) is 8.10. The summed E-state index contributed by atoms with van der Waals surface area (Å²) < 4.78 is 0. The maximum Gasteiger partial charge on any atom is 0.0409 e. The second kappa shape index (κ2) is 6.93. The summed E-state index contributed by atoms with van der Waals surface area (Å²) in [6, 6.07) is 9.89. The predicted molar refractivity (Wildman–Crippen MR) is 87.3 cm³/mol. The van der Waals surface area contributed by atoms with Crippen LogP contribution in [0.5, 0.6) is 0 Å². The summed E-state index contributed by atoms with van der Waals surface area (Å²) >= 11 is 6.13. The summed E-state index contributed by atoms with van der Waals surface area (Å²) in [7, 11) is 2.23. The third kappa shape index (κ3) is 3.75. The smallest absolute Gasteiger partial charge is 0.0409 e. The average Bonchev–Trinajstić information content (AvgIpc) is 2.41. The fourth-order valence-corrected chi connectivity index (χ4v) is 3.40. The van der Waals surface area contributed by atoms with Crippen molar-refractivity contribution in [1.82, 2.24) is 10.2 Å². The van der Waals surface area contributed by atoms with Crippen molar-refractivity contribution in [3.05, 3.63) is 34.9 Å². The molecule has 1 aromatic rings. The van der Waals surface area contributed by atoms with Crippen molar-refractivity contribution in [1.29, 1.82) is 0 Å². The van der Waals surface area contributed by atoms with Crippen molar-refractivity contribution >= 4 is 11.6 Å². The maximum atomic E-state index is 6.13. The van der Waals surface area contributed by atoms with Crippen molar-refractivity contribution in [3.8, 4) is 0 Å². The van der Waals surface area contributed by atoms with Crippen LogP contribution in [-0.4, -0.2) is 30.6 Å². The summed E-state index contributed by atoms with van der Waals surface area (Å²) in [6.07, 6.45) is 2.31. The van der Waals surface area contributed by atoms with Crippen molar-refractivity contribution in [3.63, 3.8) is 0 Å². The molecule has 0 radical (unpaired) electrons. The van der Waals surface area contributed by atoms with Crippen molar-refractivity contribution in [2.75, 3.05) is 13.6 Å². The number of piperidine rings is 1. The van der Waals surface area contributed by atoms with E-state index in [1.54, 1.807) is 0 Å². The van der Waals surface area contributed by atoms with Gasteiger partial charge in [-0.2, -0.15) is 0 Å². The van der Waals surface area contributed by atoms with Gasteiger partial charge in [-0.05, 0) is 50.4 Å². The van der Waals surface area contributed by atoms with Gasteiger partial charge in [0.25, 0.3) is 0 Å². The number of hydrogen-bond acceptors (Lipinski definition) is 2. The monoisotopic (exact) mass is 294 g/mol. The normalized spacial score (nSPS) is 29.4. The molecule has 20 heavy (non-hydrogen) atoms. The van der Waals surface area contributed by atoms with E-state index in [2.05, 4.69) is 50.2 Å². The van der Waals surface area contributed by atoms with E-state index in [1.165, 1.54) is 18.5 Å². The molecule has 1 aliphatic rings. The van der Waals surface area contributed by atoms with Crippen LogP contribution in [-0.2, 0) is 0 Å². The summed E-state index contributed by atoms with van der Waals surface area (Å²) in [5.41, 5.74) is 1.30. The number of benzene rings is 1. The molecule has 0 saturated carbocycles. The molecule has 2 rings (SSSR count). The topological polar surface area (TPSA) is 15.3 Å². The highest BCUT2D eigenvalue weighted by Crippen LogP contribution is 2.26. The van der Waals surface area contributed by atoms with Crippen molar-refractivity contribution in [2.24, 2.45) is 5.92 Å². The van der Waals surface area contributed by atoms with Gasteiger partial charge in [-0.1, -0.05) is 37.6 Å². The zero-order valence-corrected chi connectivity index (χ0v) is 13.8. The molecule has 2 nitrogen and oxygen atoms in total. The number of nitrogens with zero attached hydrogens (tertiary/aromatic N) is 1. The Morgan fingerprint density at radius 2 is 2.15 bits per heavy atom. The first kappa shape index (κ1) is 15.8. The van der Waals surface area contributed by atoms with E-state index in [4.69, 9.17) is 11.6 Å². The molecule has 3 heteroatoms. The van der Waals surface area contributed by atoms with E-state index in [0.717, 1.165) is 11.4 Å². The lowest BCUT2D eigenvalue weighted by Crippen LogP contribution is -2.51. The Bertz CT molecular complexity index is 435. The van der Waals surface area contributed by atoms with Gasteiger partial charge in [-0.25, -0.2) is 0 Å². The van der Waals surface area contributed by atoms with Gasteiger partial charge in [0.15, 0.2) is 0 Å². The van der Waals surface area contributed by atoms with Crippen LogP contribution in [0.3, 0.4) is 0 Å². The summed E-state index contributed by atoms with van der Waals surface area (Å²) in [4.78, 5) is 2.46. The molecule has 0 aliphatic carbocycles. The third-order valence-electron chi connectivity index (χ3n) is 4.68. The van der Waals surface area contributed by atoms with Crippen LogP contribution in [0, 0.1) is 5.92 Å². The zero-order chi connectivity index (χ0) is 14.7. The van der Waals surface area contributed by atoms with Crippen LogP contribution in [0.4, 0.5) is 0 Å². The Balaban J connectivity index is 2.06. The first-order chi connectivity index (χ1) is 9.51. The Kier molecular flexibility index (Phi) is 5.48. The Morgan fingerprint density at radius 1 is 1.40 bits per heavy atom. The molecule has 4 unspecified atom stereocenters. The van der Waals surface area contributed by atoms with Crippen molar-refractivity contribution < 1.29 is 0 Å². The number of likely N-dealkylation sites (tertiary alicyclic amines) is 1. The van der Waals surface area contributed by atoms with E-state index >= 15 is 0 Å². The molecule has 0 aromatic heterocycles. The fourth-order valence-electron chi connectivity index (χ4n) is 3.21. The Labute approximate surface area is 128 Å². The minimum Gasteiger partial charge on any atom is -0.307 e. The number of nitrogens with one attached hydrogen (secondary N) is 1. The highest BCUT2D eigenvalue weighted by atomic mass is 35.5. The number of halogens is 1. The van der Waals surface area contributed by atoms with E-state index in [-0.39, 0.29) is 0 Å². The quantitative estimate of drug-likeness (QED) is 0.899. The molecule has 1 saturated heterocycles. The fraction of sp³-hybridized carbons (Fsp3) is 0.647. The molecule has 1 N–H and O–H groups in total. The second-order valence-electron chi connectivity index (χ2n) is 6.29. The van der Waals surface area contributed by atoms with Crippen LogP contribution in [0.2, 0.25) is 5.02 Å². The van der Waals surface area contributed by atoms with Crippen molar-refractivity contribution in [2.45, 2.75) is 51.7 Å².